The Morgan fingerprint density at radius 1 is 0.831 bits per heavy atom. The van der Waals surface area contributed by atoms with Crippen LogP contribution in [0.1, 0.15) is 95.7 Å². The first kappa shape index (κ1) is 46.9. The van der Waals surface area contributed by atoms with Crippen molar-refractivity contribution in [2.45, 2.75) is 89.9 Å². The number of aromatic nitrogens is 5. The summed E-state index contributed by atoms with van der Waals surface area (Å²) in [7, 11) is 3.75. The second-order valence-corrected chi connectivity index (χ2v) is 20.9. The number of amides is 3. The van der Waals surface area contributed by atoms with Crippen LogP contribution in [0, 0.1) is 18.7 Å². The molecule has 6 aromatic rings. The van der Waals surface area contributed by atoms with E-state index < -0.39 is 11.9 Å². The highest BCUT2D eigenvalue weighted by Gasteiger charge is 2.34. The summed E-state index contributed by atoms with van der Waals surface area (Å²) in [6.45, 7) is 13.2. The fraction of sp³-hybridized carbons (Fsp3) is 0.481. The van der Waals surface area contributed by atoms with E-state index in [4.69, 9.17) is 0 Å². The molecule has 2 atom stereocenters. The number of imide groups is 1. The number of fused-ring (bicyclic) bond motifs is 3. The van der Waals surface area contributed by atoms with Crippen molar-refractivity contribution in [2.75, 3.05) is 64.2 Å². The van der Waals surface area contributed by atoms with Gasteiger partial charge in [-0.2, -0.15) is 0 Å². The van der Waals surface area contributed by atoms with Crippen LogP contribution in [0.25, 0.3) is 27.8 Å². The molecule has 0 radical (unpaired) electrons. The summed E-state index contributed by atoms with van der Waals surface area (Å²) in [4.78, 5) is 79.0. The minimum atomic E-state index is -0.704. The van der Waals surface area contributed by atoms with Crippen LogP contribution in [-0.2, 0) is 43.2 Å². The number of nitrogens with zero attached hydrogens (tertiary/aromatic N) is 9. The van der Waals surface area contributed by atoms with Gasteiger partial charge >= 0.3 is 5.69 Å². The van der Waals surface area contributed by atoms with Crippen LogP contribution in [0.4, 0.5) is 10.1 Å². The van der Waals surface area contributed by atoms with E-state index >= 15 is 4.39 Å². The van der Waals surface area contributed by atoms with Gasteiger partial charge in [-0.1, -0.05) is 6.07 Å². The quantitative estimate of drug-likeness (QED) is 0.175. The second kappa shape index (κ2) is 19.0. The molecule has 4 saturated heterocycles. The molecule has 9 heterocycles. The molecule has 0 aliphatic carbocycles. The Kier molecular flexibility index (Phi) is 12.5. The third-order valence-electron chi connectivity index (χ3n) is 16.4. The number of piperidine rings is 3. The van der Waals surface area contributed by atoms with E-state index in [0.717, 1.165) is 147 Å². The van der Waals surface area contributed by atoms with E-state index in [-0.39, 0.29) is 41.2 Å². The number of rotatable bonds is 10. The SMILES string of the molecule is Cc1cc(C(=O)N2CCC(CN3CCN(Cc4ccc5c(c4)n(C)c(=O)n5C4CCC(=O)NC4=O)C[C@@H]3C)CC2)cc(F)c1C1CCN(Cc2cc3c(-n4ccc5c(c4=O)CCN5)ccnc3n2C)CC1. The van der Waals surface area contributed by atoms with Crippen molar-refractivity contribution in [3.05, 3.63) is 121 Å². The normalized spacial score (nSPS) is 21.1. The van der Waals surface area contributed by atoms with Crippen LogP contribution < -0.4 is 21.9 Å². The lowest BCUT2D eigenvalue weighted by atomic mass is 9.85. The van der Waals surface area contributed by atoms with Gasteiger partial charge in [-0.15, -0.1) is 0 Å². The molecule has 17 heteroatoms. The van der Waals surface area contributed by atoms with Crippen LogP contribution in [-0.4, -0.2) is 126 Å². The second-order valence-electron chi connectivity index (χ2n) is 20.9. The molecule has 1 unspecified atom stereocenters. The number of pyridine rings is 2. The van der Waals surface area contributed by atoms with Gasteiger partial charge in [0, 0.05) is 126 Å². The van der Waals surface area contributed by atoms with Crippen molar-refractivity contribution in [1.82, 2.24) is 48.2 Å². The molecule has 0 spiro atoms. The zero-order valence-electron chi connectivity index (χ0n) is 41.3. The predicted octanol–water partition coefficient (Wildman–Crippen LogP) is 5.21. The molecule has 5 aliphatic heterocycles. The first-order chi connectivity index (χ1) is 34.3. The molecule has 5 aliphatic rings. The molecule has 2 N–H and O–H groups in total. The van der Waals surface area contributed by atoms with Gasteiger partial charge in [-0.05, 0) is 136 Å². The fourth-order valence-electron chi connectivity index (χ4n) is 12.4. The maximum absolute atomic E-state index is 16.1. The molecular weight excluding hydrogens is 902 g/mol. The van der Waals surface area contributed by atoms with Crippen molar-refractivity contribution in [2.24, 2.45) is 20.0 Å². The van der Waals surface area contributed by atoms with Crippen LogP contribution >= 0.6 is 0 Å². The topological polar surface area (TPSA) is 155 Å². The number of piperazine rings is 1. The summed E-state index contributed by atoms with van der Waals surface area (Å²) in [5.74, 6) is -0.563. The number of carbonyl (C=O) groups is 3. The van der Waals surface area contributed by atoms with Crippen molar-refractivity contribution >= 4 is 45.5 Å². The third-order valence-corrected chi connectivity index (χ3v) is 16.4. The Labute approximate surface area is 412 Å². The third kappa shape index (κ3) is 8.79. The van der Waals surface area contributed by atoms with Gasteiger partial charge in [-0.25, -0.2) is 14.2 Å². The van der Waals surface area contributed by atoms with E-state index in [9.17, 15) is 24.0 Å². The van der Waals surface area contributed by atoms with E-state index in [0.29, 0.717) is 42.6 Å². The Morgan fingerprint density at radius 3 is 2.39 bits per heavy atom. The molecule has 16 nitrogen and oxygen atoms in total. The Morgan fingerprint density at radius 2 is 1.63 bits per heavy atom. The van der Waals surface area contributed by atoms with Gasteiger partial charge in [0.1, 0.15) is 17.5 Å². The van der Waals surface area contributed by atoms with Crippen LogP contribution in [0.2, 0.25) is 0 Å². The number of imidazole rings is 1. The first-order valence-electron chi connectivity index (χ1n) is 25.5. The zero-order chi connectivity index (χ0) is 49.2. The smallest absolute Gasteiger partial charge is 0.329 e. The molecule has 3 amide bonds. The van der Waals surface area contributed by atoms with Crippen LogP contribution in [0.5, 0.6) is 0 Å². The van der Waals surface area contributed by atoms with Crippen LogP contribution in [0.3, 0.4) is 0 Å². The van der Waals surface area contributed by atoms with Gasteiger partial charge in [0.15, 0.2) is 0 Å². The molecule has 0 saturated carbocycles. The Bertz CT molecular complexity index is 3190. The minimum absolute atomic E-state index is 0.00654. The monoisotopic (exact) mass is 966 g/mol. The average molecular weight is 966 g/mol. The summed E-state index contributed by atoms with van der Waals surface area (Å²) in [5.41, 5.74) is 8.82. The number of hydrogen-bond donors (Lipinski definition) is 2. The molecule has 2 aromatic carbocycles. The number of anilines is 1. The summed E-state index contributed by atoms with van der Waals surface area (Å²) in [6, 6.07) is 15.1. The molecule has 4 fully saturated rings. The highest BCUT2D eigenvalue weighted by atomic mass is 19.1. The maximum Gasteiger partial charge on any atom is 0.329 e. The van der Waals surface area contributed by atoms with E-state index in [1.165, 1.54) is 10.6 Å². The fourth-order valence-corrected chi connectivity index (χ4v) is 12.4. The number of nitrogens with one attached hydrogen (secondary N) is 2. The number of aryl methyl sites for hydroxylation is 3. The molecular formula is C54H64FN11O5. The summed E-state index contributed by atoms with van der Waals surface area (Å²) in [6.07, 6.45) is 8.32. The van der Waals surface area contributed by atoms with Gasteiger partial charge < -0.3 is 14.8 Å². The van der Waals surface area contributed by atoms with E-state index in [1.807, 2.05) is 61.5 Å². The highest BCUT2D eigenvalue weighted by Crippen LogP contribution is 2.35. The number of hydrogen-bond acceptors (Lipinski definition) is 10. The van der Waals surface area contributed by atoms with Gasteiger partial charge in [0.25, 0.3) is 11.5 Å². The lowest BCUT2D eigenvalue weighted by Gasteiger charge is -2.42. The number of benzene rings is 2. The Hall–Kier alpha value is -6.43. The van der Waals surface area contributed by atoms with Crippen molar-refractivity contribution in [1.29, 1.82) is 0 Å². The van der Waals surface area contributed by atoms with E-state index in [2.05, 4.69) is 47.9 Å². The summed E-state index contributed by atoms with van der Waals surface area (Å²) in [5, 5.41) is 6.61. The highest BCUT2D eigenvalue weighted by molar-refractivity contribution is 6.00. The molecule has 71 heavy (non-hydrogen) atoms. The lowest BCUT2D eigenvalue weighted by molar-refractivity contribution is -0.135. The molecule has 372 valence electrons. The predicted molar refractivity (Wildman–Crippen MR) is 270 cm³/mol. The summed E-state index contributed by atoms with van der Waals surface area (Å²) < 4.78 is 23.1. The largest absolute Gasteiger partial charge is 0.384 e. The molecule has 4 aromatic heterocycles. The van der Waals surface area contributed by atoms with Gasteiger partial charge in [0.05, 0.1) is 16.7 Å². The number of likely N-dealkylation sites (tertiary alicyclic amines) is 2. The van der Waals surface area contributed by atoms with E-state index in [1.54, 1.807) is 22.4 Å². The van der Waals surface area contributed by atoms with Gasteiger partial charge in [-0.3, -0.25) is 52.9 Å². The minimum Gasteiger partial charge on any atom is -0.384 e. The number of halogens is 1. The van der Waals surface area contributed by atoms with Crippen LogP contribution in [0.15, 0.2) is 70.5 Å². The lowest BCUT2D eigenvalue weighted by Crippen LogP contribution is -2.53. The summed E-state index contributed by atoms with van der Waals surface area (Å²) >= 11 is 0. The van der Waals surface area contributed by atoms with Crippen molar-refractivity contribution in [3.63, 3.8) is 0 Å². The van der Waals surface area contributed by atoms with Gasteiger partial charge in [0.2, 0.25) is 11.8 Å². The number of carbonyl (C=O) groups excluding carboxylic acids is 3. The van der Waals surface area contributed by atoms with Crippen molar-refractivity contribution < 1.29 is 18.8 Å². The first-order valence-corrected chi connectivity index (χ1v) is 25.5. The Balaban J connectivity index is 0.657. The van der Waals surface area contributed by atoms with Crippen molar-refractivity contribution in [3.8, 4) is 5.69 Å². The molecule has 0 bridgehead atoms. The molecule has 11 rings (SSSR count). The standard InChI is InChI=1S/C54H64FN11O5/c1-33-25-38(27-42(55)49(33)37-13-18-61(19-14-37)32-39-28-41-44(10-17-57-50(41)59(39)3)65-22-15-43-40(53(65)70)9-16-56-43)52(69)63-20-11-35(12-21-63)31-64-24-23-62(29-34(64)2)30-36-5-6-45-47(26-36)60(4)54(71)66(45)46-7-8-48(67)58-51(46)68/h5-6,10,15,17,22,25-28,34-35,37,46,56H,7-9,11-14,16,18-21,23-24,29-32H2,1-4H3,(H,58,67,68)/t34-,46?/m0/s1. The maximum atomic E-state index is 16.1. The zero-order valence-corrected chi connectivity index (χ0v) is 41.3. The average Bonchev–Trinajstić information content (AvgIpc) is 4.04.